The molecule has 1 aliphatic rings. The van der Waals surface area contributed by atoms with Crippen molar-refractivity contribution in [3.8, 4) is 0 Å². The van der Waals surface area contributed by atoms with Gasteiger partial charge in [-0.05, 0) is 18.4 Å². The monoisotopic (exact) mass is 275 g/mol. The first-order chi connectivity index (χ1) is 9.51. The van der Waals surface area contributed by atoms with Crippen molar-refractivity contribution in [3.63, 3.8) is 0 Å². The van der Waals surface area contributed by atoms with Gasteiger partial charge in [-0.15, -0.1) is 0 Å². The molecule has 0 spiro atoms. The third kappa shape index (κ3) is 3.38. The van der Waals surface area contributed by atoms with Gasteiger partial charge in [-0.25, -0.2) is 4.79 Å². The largest absolute Gasteiger partial charge is 0.480 e. The molecule has 108 valence electrons. The lowest BCUT2D eigenvalue weighted by Gasteiger charge is -2.25. The van der Waals surface area contributed by atoms with Gasteiger partial charge in [0.05, 0.1) is 0 Å². The first kappa shape index (κ1) is 14.6. The summed E-state index contributed by atoms with van der Waals surface area (Å²) in [6.07, 6.45) is 4.09. The molecule has 4 heteroatoms. The summed E-state index contributed by atoms with van der Waals surface area (Å²) in [5.41, 5.74) is 0.515. The highest BCUT2D eigenvalue weighted by Gasteiger charge is 2.37. The fourth-order valence-corrected chi connectivity index (χ4v) is 2.76. The van der Waals surface area contributed by atoms with Gasteiger partial charge in [0.15, 0.2) is 0 Å². The Balaban J connectivity index is 2.02. The molecule has 0 saturated heterocycles. The lowest BCUT2D eigenvalue weighted by molar-refractivity contribution is -0.143. The second-order valence-electron chi connectivity index (χ2n) is 5.82. The van der Waals surface area contributed by atoms with Gasteiger partial charge in [0, 0.05) is 11.8 Å². The van der Waals surface area contributed by atoms with E-state index < -0.39 is 17.4 Å². The average Bonchev–Trinajstić information content (AvgIpc) is 2.87. The molecule has 1 aromatic carbocycles. The Morgan fingerprint density at radius 2 is 1.85 bits per heavy atom. The Kier molecular flexibility index (Phi) is 4.42. The molecule has 1 fully saturated rings. The van der Waals surface area contributed by atoms with Gasteiger partial charge < -0.3 is 10.4 Å². The normalized spacial score (nSPS) is 18.4. The topological polar surface area (TPSA) is 66.4 Å². The van der Waals surface area contributed by atoms with Gasteiger partial charge in [-0.1, -0.05) is 50.1 Å². The van der Waals surface area contributed by atoms with E-state index >= 15 is 0 Å². The van der Waals surface area contributed by atoms with Crippen LogP contribution in [-0.4, -0.2) is 23.0 Å². The molecule has 0 unspecified atom stereocenters. The van der Waals surface area contributed by atoms with Crippen LogP contribution in [0.5, 0.6) is 0 Å². The number of carboxylic acids is 1. The molecule has 20 heavy (non-hydrogen) atoms. The van der Waals surface area contributed by atoms with Crippen LogP contribution in [0.3, 0.4) is 0 Å². The number of rotatable bonds is 5. The fraction of sp³-hybridized carbons (Fsp3) is 0.500. The highest BCUT2D eigenvalue weighted by molar-refractivity contribution is 5.87. The Bertz CT molecular complexity index is 478. The summed E-state index contributed by atoms with van der Waals surface area (Å²) in [7, 11) is 0. The number of carbonyl (C=O) groups is 2. The number of amides is 1. The SMILES string of the molecule is CC1(C(=O)N[C@H](Cc2ccccc2)C(=O)O)CCCC1. The van der Waals surface area contributed by atoms with E-state index in [4.69, 9.17) is 0 Å². The van der Waals surface area contributed by atoms with Gasteiger partial charge in [0.2, 0.25) is 5.91 Å². The average molecular weight is 275 g/mol. The summed E-state index contributed by atoms with van der Waals surface area (Å²) in [5, 5.41) is 12.0. The predicted molar refractivity (Wildman–Crippen MR) is 76.3 cm³/mol. The van der Waals surface area contributed by atoms with E-state index in [-0.39, 0.29) is 5.91 Å². The number of hydrogen-bond donors (Lipinski definition) is 2. The molecule has 1 aromatic rings. The van der Waals surface area contributed by atoms with Crippen LogP contribution in [0.4, 0.5) is 0 Å². The number of carboxylic acid groups (broad SMARTS) is 1. The molecule has 0 aliphatic heterocycles. The zero-order valence-corrected chi connectivity index (χ0v) is 11.8. The summed E-state index contributed by atoms with van der Waals surface area (Å²) in [6, 6.07) is 8.51. The van der Waals surface area contributed by atoms with Gasteiger partial charge in [0.1, 0.15) is 6.04 Å². The van der Waals surface area contributed by atoms with Gasteiger partial charge >= 0.3 is 5.97 Å². The molecule has 0 bridgehead atoms. The Morgan fingerprint density at radius 1 is 1.25 bits per heavy atom. The molecule has 2 rings (SSSR count). The van der Waals surface area contributed by atoms with Crippen LogP contribution in [0.2, 0.25) is 0 Å². The number of aliphatic carboxylic acids is 1. The first-order valence-corrected chi connectivity index (χ1v) is 7.09. The number of hydrogen-bond acceptors (Lipinski definition) is 2. The smallest absolute Gasteiger partial charge is 0.326 e. The number of benzene rings is 1. The zero-order chi connectivity index (χ0) is 14.6. The maximum Gasteiger partial charge on any atom is 0.326 e. The minimum absolute atomic E-state index is 0.127. The van der Waals surface area contributed by atoms with Crippen molar-refractivity contribution in [2.75, 3.05) is 0 Å². The van der Waals surface area contributed by atoms with Gasteiger partial charge in [0.25, 0.3) is 0 Å². The molecule has 0 radical (unpaired) electrons. The second-order valence-corrected chi connectivity index (χ2v) is 5.82. The van der Waals surface area contributed by atoms with E-state index in [1.54, 1.807) is 0 Å². The minimum Gasteiger partial charge on any atom is -0.480 e. The maximum atomic E-state index is 12.3. The van der Waals surface area contributed by atoms with Crippen LogP contribution in [0.25, 0.3) is 0 Å². The lowest BCUT2D eigenvalue weighted by atomic mass is 9.87. The van der Waals surface area contributed by atoms with E-state index in [2.05, 4.69) is 5.32 Å². The van der Waals surface area contributed by atoms with E-state index in [9.17, 15) is 14.7 Å². The molecule has 0 aromatic heterocycles. The van der Waals surface area contributed by atoms with Crippen molar-refractivity contribution in [2.45, 2.75) is 45.1 Å². The Labute approximate surface area is 119 Å². The van der Waals surface area contributed by atoms with Gasteiger partial charge in [-0.2, -0.15) is 0 Å². The quantitative estimate of drug-likeness (QED) is 0.867. The molecule has 2 N–H and O–H groups in total. The maximum absolute atomic E-state index is 12.3. The molecule has 0 heterocycles. The summed E-state index contributed by atoms with van der Waals surface area (Å²) in [5.74, 6) is -1.11. The van der Waals surface area contributed by atoms with Crippen molar-refractivity contribution >= 4 is 11.9 Å². The van der Waals surface area contributed by atoms with E-state index in [0.717, 1.165) is 31.2 Å². The molecular formula is C16H21NO3. The third-order valence-corrected chi connectivity index (χ3v) is 4.14. The van der Waals surface area contributed by atoms with Crippen LogP contribution in [0, 0.1) is 5.41 Å². The fourth-order valence-electron chi connectivity index (χ4n) is 2.76. The van der Waals surface area contributed by atoms with Crippen LogP contribution >= 0.6 is 0 Å². The summed E-state index contributed by atoms with van der Waals surface area (Å²) in [4.78, 5) is 23.6. The number of carbonyl (C=O) groups excluding carboxylic acids is 1. The highest BCUT2D eigenvalue weighted by atomic mass is 16.4. The molecule has 1 aliphatic carbocycles. The molecular weight excluding hydrogens is 254 g/mol. The summed E-state index contributed by atoms with van der Waals surface area (Å²) in [6.45, 7) is 1.93. The second kappa shape index (κ2) is 6.07. The van der Waals surface area contributed by atoms with Gasteiger partial charge in [-0.3, -0.25) is 4.79 Å². The van der Waals surface area contributed by atoms with E-state index in [1.807, 2.05) is 37.3 Å². The molecule has 1 amide bonds. The van der Waals surface area contributed by atoms with E-state index in [0.29, 0.717) is 6.42 Å². The summed E-state index contributed by atoms with van der Waals surface area (Å²) < 4.78 is 0. The molecule has 4 nitrogen and oxygen atoms in total. The number of nitrogens with one attached hydrogen (secondary N) is 1. The predicted octanol–water partition coefficient (Wildman–Crippen LogP) is 2.38. The van der Waals surface area contributed by atoms with Crippen molar-refractivity contribution in [3.05, 3.63) is 35.9 Å². The standard InChI is InChI=1S/C16H21NO3/c1-16(9-5-6-10-16)15(20)17-13(14(18)19)11-12-7-3-2-4-8-12/h2-4,7-8,13H,5-6,9-11H2,1H3,(H,17,20)(H,18,19)/t13-/m1/s1. The van der Waals surface area contributed by atoms with E-state index in [1.165, 1.54) is 0 Å². The Hall–Kier alpha value is -1.84. The van der Waals surface area contributed by atoms with Crippen LogP contribution in [0.15, 0.2) is 30.3 Å². The van der Waals surface area contributed by atoms with Crippen molar-refractivity contribution in [1.29, 1.82) is 0 Å². The third-order valence-electron chi connectivity index (χ3n) is 4.14. The van der Waals surface area contributed by atoms with Crippen molar-refractivity contribution in [2.24, 2.45) is 5.41 Å². The van der Waals surface area contributed by atoms with Crippen molar-refractivity contribution < 1.29 is 14.7 Å². The molecule has 1 atom stereocenters. The minimum atomic E-state index is -0.983. The zero-order valence-electron chi connectivity index (χ0n) is 11.8. The van der Waals surface area contributed by atoms with Crippen LogP contribution in [0.1, 0.15) is 38.2 Å². The highest BCUT2D eigenvalue weighted by Crippen LogP contribution is 2.37. The molecule has 1 saturated carbocycles. The van der Waals surface area contributed by atoms with Crippen LogP contribution in [-0.2, 0) is 16.0 Å². The Morgan fingerprint density at radius 3 is 2.40 bits per heavy atom. The lowest BCUT2D eigenvalue weighted by Crippen LogP contribution is -2.47. The first-order valence-electron chi connectivity index (χ1n) is 7.09. The van der Waals surface area contributed by atoms with Crippen molar-refractivity contribution in [1.82, 2.24) is 5.32 Å². The summed E-state index contributed by atoms with van der Waals surface area (Å²) >= 11 is 0. The van der Waals surface area contributed by atoms with Crippen LogP contribution < -0.4 is 5.32 Å².